The van der Waals surface area contributed by atoms with E-state index in [1.54, 1.807) is 0 Å². The second kappa shape index (κ2) is 5.05. The maximum absolute atomic E-state index is 6.18. The lowest BCUT2D eigenvalue weighted by Gasteiger charge is -2.06. The third-order valence-electron chi connectivity index (χ3n) is 3.94. The van der Waals surface area contributed by atoms with E-state index in [1.165, 1.54) is 24.1 Å². The second-order valence-electron chi connectivity index (χ2n) is 5.51. The molecular weight excluding hydrogens is 280 g/mol. The Kier molecular flexibility index (Phi) is 3.04. The summed E-state index contributed by atoms with van der Waals surface area (Å²) in [6, 6.07) is 18.3. The first-order valence-corrected chi connectivity index (χ1v) is 7.60. The lowest BCUT2D eigenvalue weighted by Crippen LogP contribution is -1.86. The average molecular weight is 295 g/mol. The van der Waals surface area contributed by atoms with Gasteiger partial charge in [-0.1, -0.05) is 54.1 Å². The van der Waals surface area contributed by atoms with Crippen LogP contribution in [0.5, 0.6) is 0 Å². The highest BCUT2D eigenvalue weighted by Crippen LogP contribution is 2.46. The average Bonchev–Trinajstić information content (AvgIpc) is 3.26. The van der Waals surface area contributed by atoms with Crippen molar-refractivity contribution in [3.05, 3.63) is 65.3 Å². The van der Waals surface area contributed by atoms with Gasteiger partial charge in [-0.2, -0.15) is 5.10 Å². The Bertz CT molecular complexity index is 773. The Labute approximate surface area is 128 Å². The van der Waals surface area contributed by atoms with Gasteiger partial charge < -0.3 is 0 Å². The summed E-state index contributed by atoms with van der Waals surface area (Å²) < 4.78 is 0. The summed E-state index contributed by atoms with van der Waals surface area (Å²) >= 11 is 6.18. The van der Waals surface area contributed by atoms with Gasteiger partial charge in [-0.15, -0.1) is 0 Å². The highest BCUT2D eigenvalue weighted by Gasteiger charge is 2.30. The maximum atomic E-state index is 6.18. The topological polar surface area (TPSA) is 28.7 Å². The molecule has 1 aromatic heterocycles. The molecule has 0 spiro atoms. The largest absolute Gasteiger partial charge is 0.281 e. The second-order valence-corrected chi connectivity index (χ2v) is 5.95. The highest BCUT2D eigenvalue weighted by atomic mass is 35.5. The van der Waals surface area contributed by atoms with Gasteiger partial charge >= 0.3 is 0 Å². The van der Waals surface area contributed by atoms with Crippen molar-refractivity contribution in [2.75, 3.05) is 0 Å². The SMILES string of the molecule is Clc1cccc(-c2c(-c3ccccc3)n[nH]c2C2CC2)c1. The van der Waals surface area contributed by atoms with E-state index in [1.807, 2.05) is 36.4 Å². The standard InChI is InChI=1S/C18H15ClN2/c19-15-8-4-7-14(11-15)16-17(12-5-2-1-3-6-12)20-21-18(16)13-9-10-13/h1-8,11,13H,9-10H2,(H,20,21). The van der Waals surface area contributed by atoms with Gasteiger partial charge in [0, 0.05) is 27.8 Å². The zero-order valence-electron chi connectivity index (χ0n) is 11.5. The fourth-order valence-electron chi connectivity index (χ4n) is 2.76. The molecule has 0 atom stereocenters. The van der Waals surface area contributed by atoms with E-state index < -0.39 is 0 Å². The fourth-order valence-corrected chi connectivity index (χ4v) is 2.95. The molecule has 1 aliphatic rings. The van der Waals surface area contributed by atoms with Crippen molar-refractivity contribution < 1.29 is 0 Å². The van der Waals surface area contributed by atoms with Crippen LogP contribution in [-0.2, 0) is 0 Å². The molecule has 1 heterocycles. The minimum absolute atomic E-state index is 0.615. The maximum Gasteiger partial charge on any atom is 0.100 e. The molecule has 1 saturated carbocycles. The summed E-state index contributed by atoms with van der Waals surface area (Å²) in [5.74, 6) is 0.615. The van der Waals surface area contributed by atoms with Crippen LogP contribution in [0.3, 0.4) is 0 Å². The Hall–Kier alpha value is -2.06. The molecular formula is C18H15ClN2. The molecule has 2 aromatic carbocycles. The number of aromatic nitrogens is 2. The van der Waals surface area contributed by atoms with E-state index in [-0.39, 0.29) is 0 Å². The van der Waals surface area contributed by atoms with Crippen LogP contribution in [0, 0.1) is 0 Å². The van der Waals surface area contributed by atoms with Gasteiger partial charge in [-0.3, -0.25) is 5.10 Å². The van der Waals surface area contributed by atoms with E-state index in [0.717, 1.165) is 21.8 Å². The van der Waals surface area contributed by atoms with Crippen molar-refractivity contribution in [2.24, 2.45) is 0 Å². The van der Waals surface area contributed by atoms with Gasteiger partial charge in [0.15, 0.2) is 0 Å². The van der Waals surface area contributed by atoms with E-state index in [2.05, 4.69) is 28.4 Å². The number of halogens is 1. The van der Waals surface area contributed by atoms with Crippen LogP contribution < -0.4 is 0 Å². The summed E-state index contributed by atoms with van der Waals surface area (Å²) in [7, 11) is 0. The van der Waals surface area contributed by atoms with E-state index in [9.17, 15) is 0 Å². The van der Waals surface area contributed by atoms with Crippen LogP contribution in [0.15, 0.2) is 54.6 Å². The van der Waals surface area contributed by atoms with Crippen LogP contribution in [0.2, 0.25) is 5.02 Å². The Morgan fingerprint density at radius 1 is 0.952 bits per heavy atom. The predicted molar refractivity (Wildman–Crippen MR) is 86.4 cm³/mol. The summed E-state index contributed by atoms with van der Waals surface area (Å²) in [6.07, 6.45) is 2.48. The number of rotatable bonds is 3. The minimum atomic E-state index is 0.615. The highest BCUT2D eigenvalue weighted by molar-refractivity contribution is 6.30. The van der Waals surface area contributed by atoms with E-state index >= 15 is 0 Å². The molecule has 4 rings (SSSR count). The Balaban J connectivity index is 1.92. The van der Waals surface area contributed by atoms with Crippen molar-refractivity contribution in [1.29, 1.82) is 0 Å². The molecule has 0 bridgehead atoms. The van der Waals surface area contributed by atoms with Gasteiger partial charge in [-0.05, 0) is 30.5 Å². The normalized spacial score (nSPS) is 14.3. The monoisotopic (exact) mass is 294 g/mol. The number of hydrogen-bond acceptors (Lipinski definition) is 1. The molecule has 1 aliphatic carbocycles. The summed E-state index contributed by atoms with van der Waals surface area (Å²) in [6.45, 7) is 0. The van der Waals surface area contributed by atoms with Crippen LogP contribution in [0.4, 0.5) is 0 Å². The number of aromatic amines is 1. The summed E-state index contributed by atoms with van der Waals surface area (Å²) in [5.41, 5.74) is 5.73. The Morgan fingerprint density at radius 3 is 2.43 bits per heavy atom. The molecule has 1 N–H and O–H groups in total. The third kappa shape index (κ3) is 2.36. The van der Waals surface area contributed by atoms with Crippen LogP contribution in [-0.4, -0.2) is 10.2 Å². The van der Waals surface area contributed by atoms with Crippen molar-refractivity contribution in [1.82, 2.24) is 10.2 Å². The van der Waals surface area contributed by atoms with Crippen molar-refractivity contribution in [2.45, 2.75) is 18.8 Å². The van der Waals surface area contributed by atoms with Gasteiger partial charge in [0.05, 0.1) is 0 Å². The molecule has 104 valence electrons. The summed E-state index contributed by atoms with van der Waals surface area (Å²) in [5, 5.41) is 8.60. The first-order valence-electron chi connectivity index (χ1n) is 7.22. The van der Waals surface area contributed by atoms with Crippen LogP contribution in [0.25, 0.3) is 22.4 Å². The fraction of sp³-hybridized carbons (Fsp3) is 0.167. The van der Waals surface area contributed by atoms with Crippen LogP contribution in [0.1, 0.15) is 24.5 Å². The molecule has 0 radical (unpaired) electrons. The molecule has 0 saturated heterocycles. The zero-order valence-corrected chi connectivity index (χ0v) is 12.3. The number of benzene rings is 2. The van der Waals surface area contributed by atoms with Crippen molar-refractivity contribution >= 4 is 11.6 Å². The number of hydrogen-bond donors (Lipinski definition) is 1. The predicted octanol–water partition coefficient (Wildman–Crippen LogP) is 5.27. The molecule has 21 heavy (non-hydrogen) atoms. The zero-order chi connectivity index (χ0) is 14.2. The quantitative estimate of drug-likeness (QED) is 0.700. The molecule has 0 unspecified atom stereocenters. The Morgan fingerprint density at radius 2 is 1.71 bits per heavy atom. The lowest BCUT2D eigenvalue weighted by atomic mass is 9.97. The minimum Gasteiger partial charge on any atom is -0.281 e. The molecule has 1 fully saturated rings. The van der Waals surface area contributed by atoms with E-state index in [4.69, 9.17) is 11.6 Å². The molecule has 2 nitrogen and oxygen atoms in total. The lowest BCUT2D eigenvalue weighted by molar-refractivity contribution is 0.968. The van der Waals surface area contributed by atoms with Gasteiger partial charge in [0.2, 0.25) is 0 Å². The first kappa shape index (κ1) is 12.7. The van der Waals surface area contributed by atoms with Gasteiger partial charge in [0.1, 0.15) is 5.69 Å². The smallest absolute Gasteiger partial charge is 0.100 e. The van der Waals surface area contributed by atoms with Gasteiger partial charge in [-0.25, -0.2) is 0 Å². The third-order valence-corrected chi connectivity index (χ3v) is 4.18. The van der Waals surface area contributed by atoms with Crippen LogP contribution >= 0.6 is 11.6 Å². The molecule has 0 aliphatic heterocycles. The van der Waals surface area contributed by atoms with Crippen molar-refractivity contribution in [3.63, 3.8) is 0 Å². The molecule has 3 heteroatoms. The van der Waals surface area contributed by atoms with Gasteiger partial charge in [0.25, 0.3) is 0 Å². The number of H-pyrrole nitrogens is 1. The van der Waals surface area contributed by atoms with E-state index in [0.29, 0.717) is 5.92 Å². The van der Waals surface area contributed by atoms with Crippen molar-refractivity contribution in [3.8, 4) is 22.4 Å². The molecule has 3 aromatic rings. The summed E-state index contributed by atoms with van der Waals surface area (Å²) in [4.78, 5) is 0. The number of nitrogens with zero attached hydrogens (tertiary/aromatic N) is 1. The first-order chi connectivity index (χ1) is 10.3. The number of nitrogens with one attached hydrogen (secondary N) is 1. The molecule has 0 amide bonds.